The van der Waals surface area contributed by atoms with Crippen LogP contribution in [0.4, 0.5) is 0 Å². The van der Waals surface area contributed by atoms with Crippen LogP contribution in [0, 0.1) is 0 Å². The van der Waals surface area contributed by atoms with E-state index in [2.05, 4.69) is 29.1 Å². The van der Waals surface area contributed by atoms with Gasteiger partial charge in [0.2, 0.25) is 0 Å². The smallest absolute Gasteiger partial charge is 0.322 e. The van der Waals surface area contributed by atoms with Crippen molar-refractivity contribution in [1.82, 2.24) is 15.3 Å². The van der Waals surface area contributed by atoms with Crippen LogP contribution in [0.5, 0.6) is 17.5 Å². The quantitative estimate of drug-likeness (QED) is 0.808. The molecule has 1 heterocycles. The molecule has 0 aliphatic rings. The minimum absolute atomic E-state index is 0.322. The van der Waals surface area contributed by atoms with Crippen molar-refractivity contribution < 1.29 is 9.47 Å². The SMILES string of the molecule is CCCOc1ccccc1Oc1ncc(CNCC)cn1. The van der Waals surface area contributed by atoms with E-state index in [1.54, 1.807) is 12.4 Å². The Hall–Kier alpha value is -2.14. The van der Waals surface area contributed by atoms with E-state index in [0.717, 1.165) is 25.1 Å². The molecule has 1 aromatic heterocycles. The van der Waals surface area contributed by atoms with Crippen molar-refractivity contribution in [2.24, 2.45) is 0 Å². The van der Waals surface area contributed by atoms with Gasteiger partial charge in [0.25, 0.3) is 0 Å². The number of hydrogen-bond donors (Lipinski definition) is 1. The average molecular weight is 287 g/mol. The molecule has 0 aliphatic carbocycles. The van der Waals surface area contributed by atoms with Crippen molar-refractivity contribution in [3.63, 3.8) is 0 Å². The predicted molar refractivity (Wildman–Crippen MR) is 81.7 cm³/mol. The van der Waals surface area contributed by atoms with Crippen LogP contribution in [-0.4, -0.2) is 23.1 Å². The highest BCUT2D eigenvalue weighted by molar-refractivity contribution is 5.40. The maximum absolute atomic E-state index is 5.70. The van der Waals surface area contributed by atoms with Gasteiger partial charge in [0.15, 0.2) is 11.5 Å². The van der Waals surface area contributed by atoms with Crippen molar-refractivity contribution in [3.8, 4) is 17.5 Å². The first-order chi connectivity index (χ1) is 10.3. The second-order valence-corrected chi connectivity index (χ2v) is 4.55. The lowest BCUT2D eigenvalue weighted by atomic mass is 10.3. The molecule has 2 rings (SSSR count). The van der Waals surface area contributed by atoms with Gasteiger partial charge in [-0.1, -0.05) is 26.0 Å². The lowest BCUT2D eigenvalue weighted by Gasteiger charge is -2.10. The van der Waals surface area contributed by atoms with Crippen molar-refractivity contribution in [2.75, 3.05) is 13.2 Å². The first-order valence-corrected chi connectivity index (χ1v) is 7.24. The molecule has 0 unspecified atom stereocenters. The van der Waals surface area contributed by atoms with Crippen molar-refractivity contribution in [2.45, 2.75) is 26.8 Å². The van der Waals surface area contributed by atoms with Gasteiger partial charge in [-0.2, -0.15) is 0 Å². The Balaban J connectivity index is 2.04. The highest BCUT2D eigenvalue weighted by Crippen LogP contribution is 2.29. The van der Waals surface area contributed by atoms with Crippen LogP contribution in [0.2, 0.25) is 0 Å². The van der Waals surface area contributed by atoms with Gasteiger partial charge in [-0.3, -0.25) is 0 Å². The van der Waals surface area contributed by atoms with Crippen LogP contribution in [0.25, 0.3) is 0 Å². The molecule has 1 aromatic carbocycles. The summed E-state index contributed by atoms with van der Waals surface area (Å²) in [5.41, 5.74) is 1.03. The zero-order chi connectivity index (χ0) is 14.9. The van der Waals surface area contributed by atoms with Crippen molar-refractivity contribution in [3.05, 3.63) is 42.2 Å². The molecule has 5 nitrogen and oxygen atoms in total. The van der Waals surface area contributed by atoms with Crippen LogP contribution in [-0.2, 0) is 6.54 Å². The minimum Gasteiger partial charge on any atom is -0.490 e. The minimum atomic E-state index is 0.322. The summed E-state index contributed by atoms with van der Waals surface area (Å²) >= 11 is 0. The normalized spacial score (nSPS) is 10.4. The zero-order valence-electron chi connectivity index (χ0n) is 12.5. The summed E-state index contributed by atoms with van der Waals surface area (Å²) in [6.45, 7) is 6.46. The number of aromatic nitrogens is 2. The van der Waals surface area contributed by atoms with E-state index in [9.17, 15) is 0 Å². The molecule has 112 valence electrons. The Kier molecular flexibility index (Phi) is 5.97. The average Bonchev–Trinajstić information content (AvgIpc) is 2.53. The lowest BCUT2D eigenvalue weighted by Crippen LogP contribution is -2.12. The third-order valence-electron chi connectivity index (χ3n) is 2.77. The molecule has 0 spiro atoms. The number of nitrogens with zero attached hydrogens (tertiary/aromatic N) is 2. The van der Waals surface area contributed by atoms with Crippen molar-refractivity contribution in [1.29, 1.82) is 0 Å². The summed E-state index contributed by atoms with van der Waals surface area (Å²) in [5, 5.41) is 3.23. The molecule has 0 bridgehead atoms. The number of ether oxygens (including phenoxy) is 2. The summed E-state index contributed by atoms with van der Waals surface area (Å²) in [6.07, 6.45) is 4.48. The molecule has 1 N–H and O–H groups in total. The Morgan fingerprint density at radius 3 is 2.43 bits per heavy atom. The second kappa shape index (κ2) is 8.21. The topological polar surface area (TPSA) is 56.3 Å². The van der Waals surface area contributed by atoms with E-state index in [1.807, 2.05) is 24.3 Å². The highest BCUT2D eigenvalue weighted by atomic mass is 16.5. The fourth-order valence-electron chi connectivity index (χ4n) is 1.72. The van der Waals surface area contributed by atoms with Gasteiger partial charge >= 0.3 is 6.01 Å². The molecule has 0 aliphatic heterocycles. The molecule has 2 aromatic rings. The van der Waals surface area contributed by atoms with Gasteiger partial charge in [-0.05, 0) is 25.1 Å². The molecule has 0 saturated heterocycles. The summed E-state index contributed by atoms with van der Waals surface area (Å²) in [6, 6.07) is 7.86. The van der Waals surface area contributed by atoms with Crippen LogP contribution >= 0.6 is 0 Å². The van der Waals surface area contributed by atoms with Gasteiger partial charge in [-0.15, -0.1) is 0 Å². The number of benzene rings is 1. The van der Waals surface area contributed by atoms with E-state index >= 15 is 0 Å². The second-order valence-electron chi connectivity index (χ2n) is 4.55. The molecule has 21 heavy (non-hydrogen) atoms. The van der Waals surface area contributed by atoms with Gasteiger partial charge < -0.3 is 14.8 Å². The molecule has 0 atom stereocenters. The fourth-order valence-corrected chi connectivity index (χ4v) is 1.72. The third kappa shape index (κ3) is 4.72. The van der Waals surface area contributed by atoms with E-state index < -0.39 is 0 Å². The molecule has 0 fully saturated rings. The molecular weight excluding hydrogens is 266 g/mol. The first-order valence-electron chi connectivity index (χ1n) is 7.24. The van der Waals surface area contributed by atoms with Crippen LogP contribution in [0.3, 0.4) is 0 Å². The molecular formula is C16H21N3O2. The molecule has 0 saturated carbocycles. The van der Waals surface area contributed by atoms with Crippen molar-refractivity contribution >= 4 is 0 Å². The summed E-state index contributed by atoms with van der Waals surface area (Å²) < 4.78 is 11.3. The summed E-state index contributed by atoms with van der Waals surface area (Å²) in [5.74, 6) is 1.34. The number of hydrogen-bond acceptors (Lipinski definition) is 5. The first kappa shape index (κ1) is 15.3. The van der Waals surface area contributed by atoms with E-state index in [-0.39, 0.29) is 0 Å². The van der Waals surface area contributed by atoms with E-state index in [4.69, 9.17) is 9.47 Å². The van der Waals surface area contributed by atoms with Gasteiger partial charge in [0.05, 0.1) is 6.61 Å². The fraction of sp³-hybridized carbons (Fsp3) is 0.375. The maximum atomic E-state index is 5.70. The highest BCUT2D eigenvalue weighted by Gasteiger charge is 2.07. The Morgan fingerprint density at radius 2 is 1.76 bits per heavy atom. The van der Waals surface area contributed by atoms with Gasteiger partial charge in [-0.25, -0.2) is 9.97 Å². The lowest BCUT2D eigenvalue weighted by molar-refractivity contribution is 0.299. The third-order valence-corrected chi connectivity index (χ3v) is 2.77. The Labute approximate surface area is 125 Å². The number of para-hydroxylation sites is 2. The van der Waals surface area contributed by atoms with E-state index in [1.165, 1.54) is 0 Å². The number of rotatable bonds is 8. The molecule has 0 radical (unpaired) electrons. The molecule has 5 heteroatoms. The summed E-state index contributed by atoms with van der Waals surface area (Å²) in [4.78, 5) is 8.44. The van der Waals surface area contributed by atoms with Crippen LogP contribution in [0.15, 0.2) is 36.7 Å². The maximum Gasteiger partial charge on any atom is 0.322 e. The van der Waals surface area contributed by atoms with Gasteiger partial charge in [0.1, 0.15) is 0 Å². The zero-order valence-corrected chi connectivity index (χ0v) is 12.5. The monoisotopic (exact) mass is 287 g/mol. The summed E-state index contributed by atoms with van der Waals surface area (Å²) in [7, 11) is 0. The standard InChI is InChI=1S/C16H21N3O2/c1-3-9-20-14-7-5-6-8-15(14)21-16-18-11-13(12-19-16)10-17-4-2/h5-8,11-12,17H,3-4,9-10H2,1-2H3. The molecule has 0 amide bonds. The van der Waals surface area contributed by atoms with Crippen LogP contribution < -0.4 is 14.8 Å². The van der Waals surface area contributed by atoms with Crippen LogP contribution in [0.1, 0.15) is 25.8 Å². The van der Waals surface area contributed by atoms with E-state index in [0.29, 0.717) is 24.1 Å². The Bertz CT molecular complexity index is 543. The predicted octanol–water partition coefficient (Wildman–Crippen LogP) is 3.17. The van der Waals surface area contributed by atoms with Gasteiger partial charge in [0, 0.05) is 24.5 Å². The Morgan fingerprint density at radius 1 is 1.05 bits per heavy atom. The number of nitrogens with one attached hydrogen (secondary N) is 1. The largest absolute Gasteiger partial charge is 0.490 e.